The summed E-state index contributed by atoms with van der Waals surface area (Å²) in [5, 5.41) is 2.49. The molecule has 0 heterocycles. The Labute approximate surface area is 196 Å². The van der Waals surface area contributed by atoms with E-state index in [2.05, 4.69) is 5.32 Å². The SMILES string of the molecule is CCN(c1ccccc1)S(=O)(=O)c1ccc(OCC(F)(F)F)c(NC(=O)Cc2ccccc2)c1. The van der Waals surface area contributed by atoms with E-state index in [0.717, 1.165) is 22.5 Å². The molecule has 0 atom stereocenters. The minimum atomic E-state index is -4.61. The van der Waals surface area contributed by atoms with Gasteiger partial charge in [0.2, 0.25) is 5.91 Å². The number of halogens is 3. The molecule has 3 aromatic rings. The van der Waals surface area contributed by atoms with Gasteiger partial charge in [-0.3, -0.25) is 9.10 Å². The third-order valence-electron chi connectivity index (χ3n) is 4.74. The van der Waals surface area contributed by atoms with Crippen molar-refractivity contribution in [1.82, 2.24) is 0 Å². The molecule has 0 fully saturated rings. The molecule has 0 aromatic heterocycles. The Kier molecular flexibility index (Phi) is 7.83. The molecular weight excluding hydrogens is 469 g/mol. The van der Waals surface area contributed by atoms with Crippen LogP contribution in [-0.4, -0.2) is 33.7 Å². The molecule has 34 heavy (non-hydrogen) atoms. The molecule has 0 saturated heterocycles. The van der Waals surface area contributed by atoms with Gasteiger partial charge in [-0.25, -0.2) is 8.42 Å². The molecule has 0 aliphatic rings. The van der Waals surface area contributed by atoms with Gasteiger partial charge in [-0.2, -0.15) is 13.2 Å². The topological polar surface area (TPSA) is 75.7 Å². The molecule has 0 aliphatic carbocycles. The number of hydrogen-bond donors (Lipinski definition) is 1. The quantitative estimate of drug-likeness (QED) is 0.455. The van der Waals surface area contributed by atoms with Crippen LogP contribution in [0.1, 0.15) is 12.5 Å². The van der Waals surface area contributed by atoms with Crippen molar-refractivity contribution in [2.24, 2.45) is 0 Å². The minimum Gasteiger partial charge on any atom is -0.482 e. The number of carbonyl (C=O) groups excluding carboxylic acids is 1. The van der Waals surface area contributed by atoms with Crippen molar-refractivity contribution in [2.75, 3.05) is 22.8 Å². The zero-order valence-corrected chi connectivity index (χ0v) is 19.1. The number of alkyl halides is 3. The van der Waals surface area contributed by atoms with E-state index in [1.165, 1.54) is 0 Å². The van der Waals surface area contributed by atoms with Crippen LogP contribution in [0, 0.1) is 0 Å². The second-order valence-corrected chi connectivity index (χ2v) is 9.14. The Morgan fingerprint density at radius 2 is 1.59 bits per heavy atom. The van der Waals surface area contributed by atoms with Gasteiger partial charge in [0.1, 0.15) is 5.75 Å². The summed E-state index contributed by atoms with van der Waals surface area (Å²) in [6.45, 7) is 0.189. The van der Waals surface area contributed by atoms with Crippen LogP contribution in [0.3, 0.4) is 0 Å². The van der Waals surface area contributed by atoms with Gasteiger partial charge in [0.15, 0.2) is 6.61 Å². The molecule has 0 unspecified atom stereocenters. The average Bonchev–Trinajstić information content (AvgIpc) is 2.79. The van der Waals surface area contributed by atoms with E-state index in [9.17, 15) is 26.4 Å². The van der Waals surface area contributed by atoms with Gasteiger partial charge in [0.25, 0.3) is 10.0 Å². The van der Waals surface area contributed by atoms with Crippen molar-refractivity contribution in [3.63, 3.8) is 0 Å². The lowest BCUT2D eigenvalue weighted by molar-refractivity contribution is -0.153. The van der Waals surface area contributed by atoms with Crippen molar-refractivity contribution >= 4 is 27.3 Å². The maximum atomic E-state index is 13.3. The van der Waals surface area contributed by atoms with Crippen LogP contribution >= 0.6 is 0 Å². The number of rotatable bonds is 9. The first-order chi connectivity index (χ1) is 16.1. The minimum absolute atomic E-state index is 0.0539. The number of sulfonamides is 1. The highest BCUT2D eigenvalue weighted by molar-refractivity contribution is 7.92. The van der Waals surface area contributed by atoms with Crippen molar-refractivity contribution in [3.8, 4) is 5.75 Å². The Morgan fingerprint density at radius 1 is 0.971 bits per heavy atom. The average molecular weight is 493 g/mol. The van der Waals surface area contributed by atoms with E-state index in [1.54, 1.807) is 67.6 Å². The molecule has 0 aliphatic heterocycles. The Balaban J connectivity index is 1.95. The normalized spacial score (nSPS) is 11.6. The molecule has 1 amide bonds. The monoisotopic (exact) mass is 492 g/mol. The number of nitrogens with zero attached hydrogens (tertiary/aromatic N) is 1. The van der Waals surface area contributed by atoms with Gasteiger partial charge in [-0.05, 0) is 42.8 Å². The Hall–Kier alpha value is -3.53. The van der Waals surface area contributed by atoms with E-state index >= 15 is 0 Å². The van der Waals surface area contributed by atoms with E-state index < -0.39 is 28.7 Å². The lowest BCUT2D eigenvalue weighted by atomic mass is 10.1. The van der Waals surface area contributed by atoms with Crippen LogP contribution in [0.15, 0.2) is 83.8 Å². The first-order valence-electron chi connectivity index (χ1n) is 10.4. The lowest BCUT2D eigenvalue weighted by Crippen LogP contribution is -2.31. The Morgan fingerprint density at radius 3 is 2.18 bits per heavy atom. The van der Waals surface area contributed by atoms with E-state index in [-0.39, 0.29) is 29.3 Å². The number of hydrogen-bond acceptors (Lipinski definition) is 4. The number of benzene rings is 3. The van der Waals surface area contributed by atoms with Crippen molar-refractivity contribution in [2.45, 2.75) is 24.4 Å². The molecule has 3 rings (SSSR count). The van der Waals surface area contributed by atoms with Crippen molar-refractivity contribution in [1.29, 1.82) is 0 Å². The largest absolute Gasteiger partial charge is 0.482 e. The number of ether oxygens (including phenoxy) is 1. The predicted octanol–water partition coefficient (Wildman–Crippen LogP) is 5.02. The molecule has 10 heteroatoms. The van der Waals surface area contributed by atoms with Crippen LogP contribution in [0.25, 0.3) is 0 Å². The second-order valence-electron chi connectivity index (χ2n) is 7.28. The standard InChI is InChI=1S/C24H23F3N2O4S/c1-2-29(19-11-7-4-8-12-19)34(31,32)20-13-14-22(33-17-24(25,26)27)21(16-20)28-23(30)15-18-9-5-3-6-10-18/h3-14,16H,2,15,17H2,1H3,(H,28,30). The number of carbonyl (C=O) groups is 1. The summed E-state index contributed by atoms with van der Waals surface area (Å²) in [7, 11) is -4.08. The fourth-order valence-electron chi connectivity index (χ4n) is 3.24. The van der Waals surface area contributed by atoms with Gasteiger partial charge in [0.05, 0.1) is 22.7 Å². The van der Waals surface area contributed by atoms with Crippen LogP contribution in [0.2, 0.25) is 0 Å². The van der Waals surface area contributed by atoms with Crippen molar-refractivity contribution < 1.29 is 31.1 Å². The van der Waals surface area contributed by atoms with Gasteiger partial charge in [-0.15, -0.1) is 0 Å². The summed E-state index contributed by atoms with van der Waals surface area (Å²) in [5.74, 6) is -0.826. The summed E-state index contributed by atoms with van der Waals surface area (Å²) in [6, 6.07) is 20.5. The van der Waals surface area contributed by atoms with Crippen LogP contribution in [-0.2, 0) is 21.2 Å². The number of anilines is 2. The number of nitrogens with one attached hydrogen (secondary N) is 1. The molecule has 0 radical (unpaired) electrons. The third-order valence-corrected chi connectivity index (χ3v) is 6.64. The molecule has 0 spiro atoms. The second kappa shape index (κ2) is 10.6. The van der Waals surface area contributed by atoms with E-state index in [4.69, 9.17) is 4.74 Å². The molecule has 3 aromatic carbocycles. The van der Waals surface area contributed by atoms with Gasteiger partial charge in [-0.1, -0.05) is 48.5 Å². The molecule has 180 valence electrons. The Bertz CT molecular complexity index is 1220. The maximum absolute atomic E-state index is 13.3. The summed E-state index contributed by atoms with van der Waals surface area (Å²) in [4.78, 5) is 12.4. The van der Waals surface area contributed by atoms with Crippen LogP contribution in [0.5, 0.6) is 5.75 Å². The molecule has 0 saturated carbocycles. The first-order valence-corrected chi connectivity index (χ1v) is 11.8. The van der Waals surface area contributed by atoms with Crippen LogP contribution in [0.4, 0.5) is 24.5 Å². The zero-order valence-electron chi connectivity index (χ0n) is 18.2. The highest BCUT2D eigenvalue weighted by atomic mass is 32.2. The summed E-state index contributed by atoms with van der Waals surface area (Å²) >= 11 is 0. The highest BCUT2D eigenvalue weighted by Gasteiger charge is 2.30. The van der Waals surface area contributed by atoms with Crippen molar-refractivity contribution in [3.05, 3.63) is 84.4 Å². The smallest absolute Gasteiger partial charge is 0.422 e. The van der Waals surface area contributed by atoms with Gasteiger partial charge >= 0.3 is 6.18 Å². The highest BCUT2D eigenvalue weighted by Crippen LogP contribution is 2.32. The fraction of sp³-hybridized carbons (Fsp3) is 0.208. The third kappa shape index (κ3) is 6.50. The number of amides is 1. The van der Waals surface area contributed by atoms with Gasteiger partial charge in [0, 0.05) is 6.54 Å². The first kappa shape index (κ1) is 25.1. The van der Waals surface area contributed by atoms with Crippen LogP contribution < -0.4 is 14.4 Å². The summed E-state index contributed by atoms with van der Waals surface area (Å²) < 4.78 is 70.8. The van der Waals surface area contributed by atoms with Gasteiger partial charge < -0.3 is 10.1 Å². The zero-order chi connectivity index (χ0) is 24.8. The van der Waals surface area contributed by atoms with E-state index in [1.807, 2.05) is 0 Å². The lowest BCUT2D eigenvalue weighted by Gasteiger charge is -2.23. The molecular formula is C24H23F3N2O4S. The van der Waals surface area contributed by atoms with E-state index in [0.29, 0.717) is 11.3 Å². The predicted molar refractivity (Wildman–Crippen MR) is 123 cm³/mol. The summed E-state index contributed by atoms with van der Waals surface area (Å²) in [6.07, 6.45) is -4.66. The number of para-hydroxylation sites is 1. The molecule has 0 bridgehead atoms. The molecule has 6 nitrogen and oxygen atoms in total. The molecule has 1 N–H and O–H groups in total. The fourth-order valence-corrected chi connectivity index (χ4v) is 4.74. The maximum Gasteiger partial charge on any atom is 0.422 e. The summed E-state index contributed by atoms with van der Waals surface area (Å²) in [5.41, 5.74) is 0.940.